The van der Waals surface area contributed by atoms with Crippen LogP contribution in [0.15, 0.2) is 47.1 Å². The fourth-order valence-electron chi connectivity index (χ4n) is 4.62. The molecule has 1 fully saturated rings. The van der Waals surface area contributed by atoms with Crippen molar-refractivity contribution < 1.29 is 23.5 Å². The fourth-order valence-corrected chi connectivity index (χ4v) is 5.44. The van der Waals surface area contributed by atoms with Crippen molar-refractivity contribution in [2.45, 2.75) is 71.7 Å². The molecule has 0 saturated carbocycles. The van der Waals surface area contributed by atoms with Gasteiger partial charge in [0, 0.05) is 17.6 Å². The highest BCUT2D eigenvalue weighted by Gasteiger charge is 2.32. The number of rotatable bonds is 12. The lowest BCUT2D eigenvalue weighted by Crippen LogP contribution is -2.20. The zero-order valence-electron chi connectivity index (χ0n) is 22.2. The zero-order valence-corrected chi connectivity index (χ0v) is 23.0. The number of amides is 2. The van der Waals surface area contributed by atoms with E-state index in [0.717, 1.165) is 71.9 Å². The maximum absolute atomic E-state index is 11.9. The van der Waals surface area contributed by atoms with Gasteiger partial charge < -0.3 is 13.9 Å². The van der Waals surface area contributed by atoms with Crippen LogP contribution in [0.3, 0.4) is 0 Å². The van der Waals surface area contributed by atoms with Crippen LogP contribution in [0.4, 0.5) is 4.79 Å². The number of nitrogens with one attached hydrogen (secondary N) is 1. The van der Waals surface area contributed by atoms with E-state index in [1.807, 2.05) is 30.5 Å². The second-order valence-electron chi connectivity index (χ2n) is 10.8. The first-order valence-corrected chi connectivity index (χ1v) is 14.0. The number of thioether (sulfide) groups is 1. The van der Waals surface area contributed by atoms with Crippen molar-refractivity contribution in [1.29, 1.82) is 0 Å². The van der Waals surface area contributed by atoms with Gasteiger partial charge >= 0.3 is 0 Å². The van der Waals surface area contributed by atoms with Crippen LogP contribution in [0.1, 0.15) is 74.5 Å². The molecule has 2 amide bonds. The molecule has 6 nitrogen and oxygen atoms in total. The van der Waals surface area contributed by atoms with Crippen molar-refractivity contribution in [3.8, 4) is 5.75 Å². The number of ether oxygens (including phenoxy) is 2. The number of benzene rings is 2. The maximum atomic E-state index is 11.9. The zero-order chi connectivity index (χ0) is 26.4. The molecule has 1 aliphatic rings. The van der Waals surface area contributed by atoms with E-state index >= 15 is 0 Å². The van der Waals surface area contributed by atoms with E-state index in [2.05, 4.69) is 45.1 Å². The number of carbonyl (C=O) groups is 2. The SMILES string of the molecule is CCCc1c(OCCCCOCc2cccc(C3SC(=O)NC3=O)c2)ccc2c(CC(C)(C)C)coc12. The van der Waals surface area contributed by atoms with Crippen molar-refractivity contribution in [2.24, 2.45) is 5.41 Å². The summed E-state index contributed by atoms with van der Waals surface area (Å²) in [4.78, 5) is 23.4. The van der Waals surface area contributed by atoms with Crippen molar-refractivity contribution in [3.05, 3.63) is 64.9 Å². The molecule has 1 atom stereocenters. The Morgan fingerprint density at radius 2 is 1.89 bits per heavy atom. The second kappa shape index (κ2) is 12.2. The van der Waals surface area contributed by atoms with E-state index < -0.39 is 5.25 Å². The minimum absolute atomic E-state index is 0.202. The number of unbranched alkanes of at least 4 members (excludes halogenated alkanes) is 1. The van der Waals surface area contributed by atoms with Crippen LogP contribution in [0, 0.1) is 5.41 Å². The third-order valence-corrected chi connectivity index (χ3v) is 7.29. The number of hydrogen-bond acceptors (Lipinski definition) is 6. The van der Waals surface area contributed by atoms with Gasteiger partial charge in [-0.05, 0) is 71.7 Å². The molecule has 7 heteroatoms. The van der Waals surface area contributed by atoms with Crippen LogP contribution in [0.5, 0.6) is 5.75 Å². The molecule has 1 aliphatic heterocycles. The Labute approximate surface area is 223 Å². The van der Waals surface area contributed by atoms with Crippen molar-refractivity contribution >= 4 is 33.9 Å². The summed E-state index contributed by atoms with van der Waals surface area (Å²) < 4.78 is 18.1. The summed E-state index contributed by atoms with van der Waals surface area (Å²) in [7, 11) is 0. The molecule has 0 bridgehead atoms. The molecule has 1 unspecified atom stereocenters. The van der Waals surface area contributed by atoms with Gasteiger partial charge in [0.05, 0.1) is 19.5 Å². The first-order valence-electron chi connectivity index (χ1n) is 13.1. The highest BCUT2D eigenvalue weighted by Crippen LogP contribution is 2.36. The highest BCUT2D eigenvalue weighted by molar-refractivity contribution is 8.15. The average molecular weight is 524 g/mol. The Hall–Kier alpha value is -2.77. The fraction of sp³-hybridized carbons (Fsp3) is 0.467. The smallest absolute Gasteiger partial charge is 0.286 e. The van der Waals surface area contributed by atoms with Gasteiger partial charge in [-0.1, -0.05) is 58.4 Å². The van der Waals surface area contributed by atoms with E-state index in [4.69, 9.17) is 13.9 Å². The minimum Gasteiger partial charge on any atom is -0.493 e. The molecular weight excluding hydrogens is 486 g/mol. The van der Waals surface area contributed by atoms with Gasteiger partial charge in [-0.3, -0.25) is 14.9 Å². The number of carbonyl (C=O) groups excluding carboxylic acids is 2. The third kappa shape index (κ3) is 7.17. The predicted molar refractivity (Wildman–Crippen MR) is 148 cm³/mol. The molecule has 0 aliphatic carbocycles. The monoisotopic (exact) mass is 523 g/mol. The summed E-state index contributed by atoms with van der Waals surface area (Å²) in [5.41, 5.74) is 5.39. The third-order valence-electron chi connectivity index (χ3n) is 6.25. The van der Waals surface area contributed by atoms with Gasteiger partial charge in [0.2, 0.25) is 5.91 Å². The van der Waals surface area contributed by atoms with Gasteiger partial charge in [-0.15, -0.1) is 0 Å². The van der Waals surface area contributed by atoms with Crippen LogP contribution in [0.25, 0.3) is 11.0 Å². The van der Waals surface area contributed by atoms with Crippen LogP contribution in [-0.4, -0.2) is 24.4 Å². The Bertz CT molecular complexity index is 1240. The first-order chi connectivity index (χ1) is 17.7. The number of imide groups is 1. The molecule has 0 radical (unpaired) electrons. The first kappa shape index (κ1) is 27.3. The number of hydrogen-bond donors (Lipinski definition) is 1. The largest absolute Gasteiger partial charge is 0.493 e. The standard InChI is InChI=1S/C30H37NO5S/c1-5-9-24-25(13-12-23-22(17-30(2,3)4)19-36-26(23)24)35-15-7-6-14-34-18-20-10-8-11-21(16-20)27-28(32)31-29(33)37-27/h8,10-13,16,19,27H,5-7,9,14-15,17-18H2,1-4H3,(H,31,32,33). The van der Waals surface area contributed by atoms with Gasteiger partial charge in [0.25, 0.3) is 5.24 Å². The molecule has 2 heterocycles. The van der Waals surface area contributed by atoms with E-state index in [0.29, 0.717) is 19.8 Å². The van der Waals surface area contributed by atoms with Gasteiger partial charge in [-0.2, -0.15) is 0 Å². The molecule has 1 N–H and O–H groups in total. The van der Waals surface area contributed by atoms with E-state index in [9.17, 15) is 9.59 Å². The van der Waals surface area contributed by atoms with E-state index in [1.165, 1.54) is 10.9 Å². The second-order valence-corrected chi connectivity index (χ2v) is 11.9. The van der Waals surface area contributed by atoms with E-state index in [-0.39, 0.29) is 16.6 Å². The average Bonchev–Trinajstić information content (AvgIpc) is 3.40. The number of aryl methyl sites for hydroxylation is 1. The molecule has 37 heavy (non-hydrogen) atoms. The molecular formula is C30H37NO5S. The molecule has 1 saturated heterocycles. The van der Waals surface area contributed by atoms with Gasteiger partial charge in [0.15, 0.2) is 0 Å². The topological polar surface area (TPSA) is 77.8 Å². The number of fused-ring (bicyclic) bond motifs is 1. The summed E-state index contributed by atoms with van der Waals surface area (Å²) in [6, 6.07) is 11.9. The molecule has 0 spiro atoms. The maximum Gasteiger partial charge on any atom is 0.286 e. The van der Waals surface area contributed by atoms with Gasteiger partial charge in [0.1, 0.15) is 16.6 Å². The highest BCUT2D eigenvalue weighted by atomic mass is 32.2. The van der Waals surface area contributed by atoms with Gasteiger partial charge in [-0.25, -0.2) is 0 Å². The lowest BCUT2D eigenvalue weighted by molar-refractivity contribution is -0.119. The molecule has 4 rings (SSSR count). The van der Waals surface area contributed by atoms with Crippen LogP contribution < -0.4 is 10.1 Å². The minimum atomic E-state index is -0.479. The Morgan fingerprint density at radius 1 is 1.08 bits per heavy atom. The predicted octanol–water partition coefficient (Wildman–Crippen LogP) is 7.37. The molecule has 198 valence electrons. The lowest BCUT2D eigenvalue weighted by atomic mass is 9.88. The van der Waals surface area contributed by atoms with Crippen LogP contribution in [0.2, 0.25) is 0 Å². The summed E-state index contributed by atoms with van der Waals surface area (Å²) in [5.74, 6) is 0.655. The summed E-state index contributed by atoms with van der Waals surface area (Å²) in [6.45, 7) is 10.6. The summed E-state index contributed by atoms with van der Waals surface area (Å²) in [6.07, 6.45) is 6.61. The quantitative estimate of drug-likeness (QED) is 0.250. The lowest BCUT2D eigenvalue weighted by Gasteiger charge is -2.17. The van der Waals surface area contributed by atoms with Crippen molar-refractivity contribution in [3.63, 3.8) is 0 Å². The van der Waals surface area contributed by atoms with E-state index in [1.54, 1.807) is 0 Å². The Kier molecular flexibility index (Phi) is 8.98. The molecule has 2 aromatic carbocycles. The van der Waals surface area contributed by atoms with Crippen LogP contribution in [-0.2, 0) is 29.0 Å². The molecule has 1 aromatic heterocycles. The summed E-state index contributed by atoms with van der Waals surface area (Å²) >= 11 is 1.02. The Morgan fingerprint density at radius 3 is 2.62 bits per heavy atom. The van der Waals surface area contributed by atoms with Crippen molar-refractivity contribution in [2.75, 3.05) is 13.2 Å². The number of furan rings is 1. The van der Waals surface area contributed by atoms with Crippen molar-refractivity contribution in [1.82, 2.24) is 5.32 Å². The Balaban J connectivity index is 1.24. The normalized spacial score (nSPS) is 15.9. The van der Waals surface area contributed by atoms with Crippen LogP contribution >= 0.6 is 11.8 Å². The molecule has 3 aromatic rings. The summed E-state index contributed by atoms with van der Waals surface area (Å²) in [5, 5.41) is 2.75.